The van der Waals surface area contributed by atoms with Crippen LogP contribution in [0.5, 0.6) is 11.5 Å². The normalized spacial score (nSPS) is 11.4. The van der Waals surface area contributed by atoms with Crippen LogP contribution in [-0.4, -0.2) is 19.5 Å². The van der Waals surface area contributed by atoms with Crippen molar-refractivity contribution in [2.75, 3.05) is 13.2 Å². The van der Waals surface area contributed by atoms with Crippen LogP contribution in [0.15, 0.2) is 36.4 Å². The van der Waals surface area contributed by atoms with Gasteiger partial charge in [-0.2, -0.15) is 0 Å². The van der Waals surface area contributed by atoms with Crippen LogP contribution in [0.4, 0.5) is 22.0 Å². The minimum absolute atomic E-state index is 0.0154. The van der Waals surface area contributed by atoms with Crippen molar-refractivity contribution in [3.63, 3.8) is 0 Å². The Morgan fingerprint density at radius 2 is 1.70 bits per heavy atom. The molecule has 2 rings (SSSR count). The van der Waals surface area contributed by atoms with Crippen LogP contribution in [0, 0.1) is 11.6 Å². The molecule has 8 heteroatoms. The Balaban J connectivity index is 2.44. The van der Waals surface area contributed by atoms with E-state index in [0.29, 0.717) is 6.07 Å². The molecular formula is C15H12F5NO2. The highest BCUT2D eigenvalue weighted by molar-refractivity contribution is 5.67. The molecule has 0 unspecified atom stereocenters. The van der Waals surface area contributed by atoms with E-state index in [4.69, 9.17) is 10.5 Å². The molecule has 0 saturated carbocycles. The Hall–Kier alpha value is -2.35. The molecule has 2 aromatic rings. The number of benzene rings is 2. The van der Waals surface area contributed by atoms with Gasteiger partial charge in [0.15, 0.2) is 11.5 Å². The number of halogens is 5. The van der Waals surface area contributed by atoms with E-state index in [1.54, 1.807) is 0 Å². The highest BCUT2D eigenvalue weighted by Crippen LogP contribution is 2.36. The Morgan fingerprint density at radius 1 is 0.957 bits per heavy atom. The molecule has 0 amide bonds. The van der Waals surface area contributed by atoms with Gasteiger partial charge in [0.2, 0.25) is 0 Å². The molecular weight excluding hydrogens is 321 g/mol. The van der Waals surface area contributed by atoms with Crippen molar-refractivity contribution in [1.82, 2.24) is 0 Å². The first kappa shape index (κ1) is 17.0. The van der Waals surface area contributed by atoms with Gasteiger partial charge in [-0.1, -0.05) is 6.07 Å². The van der Waals surface area contributed by atoms with Crippen molar-refractivity contribution in [3.8, 4) is 22.6 Å². The van der Waals surface area contributed by atoms with E-state index in [1.165, 1.54) is 12.1 Å². The zero-order valence-corrected chi connectivity index (χ0v) is 11.7. The van der Waals surface area contributed by atoms with E-state index < -0.39 is 23.7 Å². The predicted molar refractivity (Wildman–Crippen MR) is 73.0 cm³/mol. The van der Waals surface area contributed by atoms with Gasteiger partial charge in [0.05, 0.1) is 0 Å². The fraction of sp³-hybridized carbons (Fsp3) is 0.200. The average Bonchev–Trinajstić information content (AvgIpc) is 2.44. The van der Waals surface area contributed by atoms with Crippen LogP contribution in [0.3, 0.4) is 0 Å². The van der Waals surface area contributed by atoms with Crippen LogP contribution in [-0.2, 0) is 0 Å². The van der Waals surface area contributed by atoms with Gasteiger partial charge in [-0.05, 0) is 29.8 Å². The van der Waals surface area contributed by atoms with Crippen LogP contribution in [0.25, 0.3) is 11.1 Å². The van der Waals surface area contributed by atoms with Crippen molar-refractivity contribution < 1.29 is 31.4 Å². The lowest BCUT2D eigenvalue weighted by molar-refractivity contribution is -0.275. The zero-order valence-electron chi connectivity index (χ0n) is 11.7. The molecule has 0 bridgehead atoms. The molecule has 0 aliphatic carbocycles. The number of ether oxygens (including phenoxy) is 2. The third-order valence-electron chi connectivity index (χ3n) is 2.79. The molecule has 23 heavy (non-hydrogen) atoms. The predicted octanol–water partition coefficient (Wildman–Crippen LogP) is 3.87. The quantitative estimate of drug-likeness (QED) is 0.845. The Morgan fingerprint density at radius 3 is 2.30 bits per heavy atom. The number of alkyl halides is 3. The summed E-state index contributed by atoms with van der Waals surface area (Å²) in [5, 5.41) is 0. The van der Waals surface area contributed by atoms with E-state index in [0.717, 1.165) is 18.2 Å². The fourth-order valence-corrected chi connectivity index (χ4v) is 1.89. The van der Waals surface area contributed by atoms with Gasteiger partial charge in [0.1, 0.15) is 18.2 Å². The van der Waals surface area contributed by atoms with Crippen LogP contribution < -0.4 is 15.2 Å². The summed E-state index contributed by atoms with van der Waals surface area (Å²) >= 11 is 0. The first-order valence-corrected chi connectivity index (χ1v) is 6.48. The summed E-state index contributed by atoms with van der Waals surface area (Å²) < 4.78 is 73.1. The summed E-state index contributed by atoms with van der Waals surface area (Å²) in [6.45, 7) is 0.0816. The van der Waals surface area contributed by atoms with Crippen molar-refractivity contribution >= 4 is 0 Å². The fourth-order valence-electron chi connectivity index (χ4n) is 1.89. The topological polar surface area (TPSA) is 44.5 Å². The first-order valence-electron chi connectivity index (χ1n) is 6.48. The lowest BCUT2D eigenvalue weighted by Crippen LogP contribution is -2.18. The molecule has 124 valence electrons. The third-order valence-corrected chi connectivity index (χ3v) is 2.79. The second-order valence-electron chi connectivity index (χ2n) is 4.47. The van der Waals surface area contributed by atoms with E-state index in [-0.39, 0.29) is 30.0 Å². The monoisotopic (exact) mass is 333 g/mol. The van der Waals surface area contributed by atoms with Crippen molar-refractivity contribution in [2.24, 2.45) is 5.73 Å². The van der Waals surface area contributed by atoms with Crippen LogP contribution in [0.2, 0.25) is 0 Å². The summed E-state index contributed by atoms with van der Waals surface area (Å²) in [4.78, 5) is 0. The van der Waals surface area contributed by atoms with Gasteiger partial charge in [-0.25, -0.2) is 8.78 Å². The minimum Gasteiger partial charge on any atom is -0.488 e. The van der Waals surface area contributed by atoms with E-state index in [9.17, 15) is 22.0 Å². The molecule has 0 spiro atoms. The molecule has 0 radical (unpaired) electrons. The lowest BCUT2D eigenvalue weighted by atomic mass is 10.0. The van der Waals surface area contributed by atoms with Crippen LogP contribution in [0.1, 0.15) is 0 Å². The maximum atomic E-state index is 13.8. The van der Waals surface area contributed by atoms with E-state index in [2.05, 4.69) is 4.74 Å². The first-order chi connectivity index (χ1) is 10.8. The Labute approximate surface area is 128 Å². The smallest absolute Gasteiger partial charge is 0.488 e. The number of hydrogen-bond donors (Lipinski definition) is 1. The van der Waals surface area contributed by atoms with E-state index >= 15 is 0 Å². The summed E-state index contributed by atoms with van der Waals surface area (Å²) in [5.74, 6) is -2.51. The zero-order chi connectivity index (χ0) is 17.0. The maximum absolute atomic E-state index is 13.8. The van der Waals surface area contributed by atoms with Gasteiger partial charge in [-0.3, -0.25) is 0 Å². The standard InChI is InChI=1S/C15H12F5NO2/c16-10-2-3-11(12(17)8-10)9-1-4-13(22-6-5-21)14(7-9)23-15(18,19)20/h1-4,7-8H,5-6,21H2. The molecule has 2 N–H and O–H groups in total. The van der Waals surface area contributed by atoms with Crippen molar-refractivity contribution in [2.45, 2.75) is 6.36 Å². The van der Waals surface area contributed by atoms with E-state index in [1.807, 2.05) is 0 Å². The number of nitrogens with two attached hydrogens (primary N) is 1. The van der Waals surface area contributed by atoms with Gasteiger partial charge in [0.25, 0.3) is 0 Å². The molecule has 2 aromatic carbocycles. The summed E-state index contributed by atoms with van der Waals surface area (Å²) in [5.41, 5.74) is 5.25. The number of hydrogen-bond acceptors (Lipinski definition) is 3. The minimum atomic E-state index is -4.94. The molecule has 0 aliphatic heterocycles. The summed E-state index contributed by atoms with van der Waals surface area (Å²) in [6.07, 6.45) is -4.94. The van der Waals surface area contributed by atoms with Crippen LogP contribution >= 0.6 is 0 Å². The largest absolute Gasteiger partial charge is 0.573 e. The van der Waals surface area contributed by atoms with Gasteiger partial charge < -0.3 is 15.2 Å². The van der Waals surface area contributed by atoms with Crippen molar-refractivity contribution in [1.29, 1.82) is 0 Å². The summed E-state index contributed by atoms with van der Waals surface area (Å²) in [7, 11) is 0. The Bertz CT molecular complexity index is 688. The van der Waals surface area contributed by atoms with Crippen molar-refractivity contribution in [3.05, 3.63) is 48.0 Å². The average molecular weight is 333 g/mol. The number of rotatable bonds is 5. The Kier molecular flexibility index (Phi) is 5.05. The second-order valence-corrected chi connectivity index (χ2v) is 4.47. The molecule has 0 aliphatic rings. The molecule has 0 heterocycles. The summed E-state index contributed by atoms with van der Waals surface area (Å²) in [6, 6.07) is 6.27. The second kappa shape index (κ2) is 6.82. The molecule has 0 aromatic heterocycles. The third kappa shape index (κ3) is 4.56. The van der Waals surface area contributed by atoms with Gasteiger partial charge in [0, 0.05) is 18.2 Å². The molecule has 3 nitrogen and oxygen atoms in total. The SMILES string of the molecule is NCCOc1ccc(-c2ccc(F)cc2F)cc1OC(F)(F)F. The highest BCUT2D eigenvalue weighted by atomic mass is 19.4. The lowest BCUT2D eigenvalue weighted by Gasteiger charge is -2.15. The highest BCUT2D eigenvalue weighted by Gasteiger charge is 2.32. The molecule has 0 atom stereocenters. The molecule has 0 saturated heterocycles. The maximum Gasteiger partial charge on any atom is 0.573 e. The van der Waals surface area contributed by atoms with Gasteiger partial charge >= 0.3 is 6.36 Å². The van der Waals surface area contributed by atoms with Gasteiger partial charge in [-0.15, -0.1) is 13.2 Å². The molecule has 0 fully saturated rings.